The lowest BCUT2D eigenvalue weighted by molar-refractivity contribution is 0.0810. The van der Waals surface area contributed by atoms with Crippen LogP contribution >= 0.6 is 0 Å². The van der Waals surface area contributed by atoms with Gasteiger partial charge in [-0.15, -0.1) is 0 Å². The fourth-order valence-corrected chi connectivity index (χ4v) is 1.92. The summed E-state index contributed by atoms with van der Waals surface area (Å²) >= 11 is 0. The Morgan fingerprint density at radius 1 is 1.57 bits per heavy atom. The molecule has 4 N–H and O–H groups in total. The molecule has 1 aliphatic carbocycles. The first-order valence-electron chi connectivity index (χ1n) is 4.78. The maximum Gasteiger partial charge on any atom is 0.251 e. The lowest BCUT2D eigenvalue weighted by Crippen LogP contribution is -2.33. The fourth-order valence-electron chi connectivity index (χ4n) is 1.92. The Labute approximate surface area is 82.1 Å². The molecule has 1 aliphatic rings. The number of hydrogen-bond donors (Lipinski definition) is 2. The molecule has 1 aromatic heterocycles. The molecule has 14 heavy (non-hydrogen) atoms. The Morgan fingerprint density at radius 3 is 2.86 bits per heavy atom. The van der Waals surface area contributed by atoms with Crippen molar-refractivity contribution in [3.8, 4) is 0 Å². The predicted molar refractivity (Wildman–Crippen MR) is 52.6 cm³/mol. The summed E-state index contributed by atoms with van der Waals surface area (Å²) in [4.78, 5) is 11.8. The van der Waals surface area contributed by atoms with Gasteiger partial charge < -0.3 is 11.5 Å². The van der Waals surface area contributed by atoms with E-state index in [1.807, 2.05) is 0 Å². The molecule has 0 radical (unpaired) electrons. The number of nitrogens with two attached hydrogens (primary N) is 2. The summed E-state index contributed by atoms with van der Waals surface area (Å²) in [5, 5.41) is 3.88. The maximum atomic E-state index is 11.8. The lowest BCUT2D eigenvalue weighted by atomic mass is 10.0. The molecule has 0 spiro atoms. The predicted octanol–water partition coefficient (Wildman–Crippen LogP) is 0.233. The highest BCUT2D eigenvalue weighted by Gasteiger charge is 2.31. The number of nitrogens with zero attached hydrogens (tertiary/aromatic N) is 2. The van der Waals surface area contributed by atoms with Crippen LogP contribution in [0.25, 0.3) is 0 Å². The molecule has 1 aromatic rings. The van der Waals surface area contributed by atoms with E-state index in [1.165, 1.54) is 17.1 Å². The van der Waals surface area contributed by atoms with Gasteiger partial charge in [0.25, 0.3) is 5.91 Å². The van der Waals surface area contributed by atoms with Gasteiger partial charge in [-0.3, -0.25) is 4.79 Å². The minimum absolute atomic E-state index is 0.0204. The molecule has 0 aliphatic heterocycles. The van der Waals surface area contributed by atoms with Crippen molar-refractivity contribution >= 4 is 11.6 Å². The zero-order valence-electron chi connectivity index (χ0n) is 7.89. The number of nitrogen functional groups attached to an aromatic ring is 1. The van der Waals surface area contributed by atoms with Gasteiger partial charge >= 0.3 is 0 Å². The third-order valence-corrected chi connectivity index (χ3v) is 2.71. The van der Waals surface area contributed by atoms with E-state index in [-0.39, 0.29) is 17.9 Å². The Morgan fingerprint density at radius 2 is 2.36 bits per heavy atom. The molecule has 0 amide bonds. The molecule has 1 fully saturated rings. The molecule has 1 heterocycles. The Balaban J connectivity index is 2.15. The van der Waals surface area contributed by atoms with Crippen LogP contribution in [0.15, 0.2) is 12.4 Å². The zero-order valence-corrected chi connectivity index (χ0v) is 7.89. The van der Waals surface area contributed by atoms with E-state index in [1.54, 1.807) is 0 Å². The summed E-state index contributed by atoms with van der Waals surface area (Å²) in [6.45, 7) is 0. The van der Waals surface area contributed by atoms with E-state index in [2.05, 4.69) is 5.10 Å². The van der Waals surface area contributed by atoms with Crippen molar-refractivity contribution in [1.82, 2.24) is 9.78 Å². The van der Waals surface area contributed by atoms with Crippen molar-refractivity contribution in [3.63, 3.8) is 0 Å². The molecule has 2 unspecified atom stereocenters. The second-order valence-corrected chi connectivity index (χ2v) is 3.76. The molecule has 0 bridgehead atoms. The van der Waals surface area contributed by atoms with Crippen molar-refractivity contribution in [2.45, 2.75) is 25.3 Å². The van der Waals surface area contributed by atoms with Crippen LogP contribution in [0.3, 0.4) is 0 Å². The molecular weight excluding hydrogens is 180 g/mol. The SMILES string of the molecule is Nc1cnn(C(=O)C2CCCC2N)c1. The van der Waals surface area contributed by atoms with Crippen LogP contribution in [-0.2, 0) is 0 Å². The van der Waals surface area contributed by atoms with Crippen molar-refractivity contribution in [3.05, 3.63) is 12.4 Å². The van der Waals surface area contributed by atoms with Crippen LogP contribution in [-0.4, -0.2) is 21.7 Å². The maximum absolute atomic E-state index is 11.8. The second kappa shape index (κ2) is 3.42. The first-order valence-corrected chi connectivity index (χ1v) is 4.78. The number of anilines is 1. The molecule has 5 heteroatoms. The molecule has 1 saturated carbocycles. The summed E-state index contributed by atoms with van der Waals surface area (Å²) in [5.41, 5.74) is 11.8. The van der Waals surface area contributed by atoms with E-state index in [0.717, 1.165) is 19.3 Å². The normalized spacial score (nSPS) is 26.6. The van der Waals surface area contributed by atoms with Gasteiger partial charge in [-0.2, -0.15) is 5.10 Å². The zero-order chi connectivity index (χ0) is 10.1. The third-order valence-electron chi connectivity index (χ3n) is 2.71. The first-order chi connectivity index (χ1) is 6.68. The molecule has 0 aromatic carbocycles. The summed E-state index contributed by atoms with van der Waals surface area (Å²) in [5.74, 6) is -0.124. The largest absolute Gasteiger partial charge is 0.396 e. The van der Waals surface area contributed by atoms with Crippen LogP contribution < -0.4 is 11.5 Å². The first kappa shape index (κ1) is 9.21. The van der Waals surface area contributed by atoms with E-state index >= 15 is 0 Å². The van der Waals surface area contributed by atoms with Gasteiger partial charge in [-0.25, -0.2) is 4.68 Å². The molecule has 2 atom stereocenters. The summed E-state index contributed by atoms with van der Waals surface area (Å²) in [6.07, 6.45) is 5.81. The van der Waals surface area contributed by atoms with Gasteiger partial charge in [0.1, 0.15) is 0 Å². The molecule has 76 valence electrons. The Kier molecular flexibility index (Phi) is 2.25. The van der Waals surface area contributed by atoms with Gasteiger partial charge in [0.15, 0.2) is 0 Å². The van der Waals surface area contributed by atoms with Gasteiger partial charge in [0.2, 0.25) is 0 Å². The highest BCUT2D eigenvalue weighted by molar-refractivity contribution is 5.82. The third kappa shape index (κ3) is 1.50. The van der Waals surface area contributed by atoms with E-state index in [9.17, 15) is 4.79 Å². The van der Waals surface area contributed by atoms with Crippen LogP contribution in [0.4, 0.5) is 5.69 Å². The van der Waals surface area contributed by atoms with E-state index < -0.39 is 0 Å². The van der Waals surface area contributed by atoms with Gasteiger partial charge in [-0.05, 0) is 12.8 Å². The number of rotatable bonds is 1. The molecular formula is C9H14N4O. The van der Waals surface area contributed by atoms with Crippen LogP contribution in [0.2, 0.25) is 0 Å². The Hall–Kier alpha value is -1.36. The monoisotopic (exact) mass is 194 g/mol. The second-order valence-electron chi connectivity index (χ2n) is 3.76. The highest BCUT2D eigenvalue weighted by Crippen LogP contribution is 2.25. The average molecular weight is 194 g/mol. The lowest BCUT2D eigenvalue weighted by Gasteiger charge is -2.12. The van der Waals surface area contributed by atoms with Gasteiger partial charge in [0.05, 0.1) is 24.0 Å². The smallest absolute Gasteiger partial charge is 0.251 e. The topological polar surface area (TPSA) is 86.9 Å². The Bertz CT molecular complexity index is 346. The van der Waals surface area contributed by atoms with Crippen LogP contribution in [0.5, 0.6) is 0 Å². The quantitative estimate of drug-likeness (QED) is 0.670. The minimum Gasteiger partial charge on any atom is -0.396 e. The van der Waals surface area contributed by atoms with E-state index in [4.69, 9.17) is 11.5 Å². The fraction of sp³-hybridized carbons (Fsp3) is 0.556. The number of carbonyl (C=O) groups excluding carboxylic acids is 1. The molecule has 2 rings (SSSR count). The van der Waals surface area contributed by atoms with Crippen molar-refractivity contribution in [1.29, 1.82) is 0 Å². The number of aromatic nitrogens is 2. The van der Waals surface area contributed by atoms with Crippen LogP contribution in [0.1, 0.15) is 24.1 Å². The summed E-state index contributed by atoms with van der Waals surface area (Å²) < 4.78 is 1.30. The summed E-state index contributed by atoms with van der Waals surface area (Å²) in [7, 11) is 0. The van der Waals surface area contributed by atoms with Gasteiger partial charge in [0, 0.05) is 6.04 Å². The standard InChI is InChI=1S/C9H14N4O/c10-6-4-12-13(5-6)9(14)7-2-1-3-8(7)11/h4-5,7-8H,1-3,10-11H2. The minimum atomic E-state index is -0.0886. The number of hydrogen-bond acceptors (Lipinski definition) is 4. The summed E-state index contributed by atoms with van der Waals surface area (Å²) in [6, 6.07) is -0.0204. The van der Waals surface area contributed by atoms with Gasteiger partial charge in [-0.1, -0.05) is 6.42 Å². The average Bonchev–Trinajstić information content (AvgIpc) is 2.73. The highest BCUT2D eigenvalue weighted by atomic mass is 16.2. The van der Waals surface area contributed by atoms with Crippen molar-refractivity contribution in [2.24, 2.45) is 11.7 Å². The molecule has 0 saturated heterocycles. The number of carbonyl (C=O) groups is 1. The van der Waals surface area contributed by atoms with E-state index in [0.29, 0.717) is 5.69 Å². The van der Waals surface area contributed by atoms with Crippen molar-refractivity contribution in [2.75, 3.05) is 5.73 Å². The van der Waals surface area contributed by atoms with Crippen molar-refractivity contribution < 1.29 is 4.79 Å². The van der Waals surface area contributed by atoms with Crippen LogP contribution in [0, 0.1) is 5.92 Å². The molecule has 5 nitrogen and oxygen atoms in total.